The number of carboxylic acids is 1. The number of ketones is 1. The Bertz CT molecular complexity index is 510. The fourth-order valence-corrected chi connectivity index (χ4v) is 1.72. The largest absolute Gasteiger partial charge is 0.478 e. The number of esters is 1. The van der Waals surface area contributed by atoms with Gasteiger partial charge in [-0.1, -0.05) is 17.7 Å². The van der Waals surface area contributed by atoms with Crippen LogP contribution in [-0.2, 0) is 20.7 Å². The van der Waals surface area contributed by atoms with Gasteiger partial charge in [0.1, 0.15) is 12.2 Å². The lowest BCUT2D eigenvalue weighted by molar-refractivity contribution is -0.145. The van der Waals surface area contributed by atoms with E-state index in [0.29, 0.717) is 5.56 Å². The van der Waals surface area contributed by atoms with Crippen LogP contribution in [0.4, 0.5) is 0 Å². The molecule has 0 amide bonds. The standard InChI is InChI=1S/C13H13ClO5/c1-2-19-12(16)7-10(15)5-8-3-4-9(14)6-11(8)13(17)18/h3-4,6H,2,5,7H2,1H3,(H,17,18). The molecule has 0 aliphatic carbocycles. The third kappa shape index (κ3) is 4.71. The molecule has 19 heavy (non-hydrogen) atoms. The average Bonchev–Trinajstić information content (AvgIpc) is 2.31. The average molecular weight is 285 g/mol. The smallest absolute Gasteiger partial charge is 0.336 e. The Balaban J connectivity index is 2.79. The van der Waals surface area contributed by atoms with Crippen LogP contribution in [0.2, 0.25) is 5.02 Å². The molecule has 1 N–H and O–H groups in total. The number of carbonyl (C=O) groups is 3. The zero-order chi connectivity index (χ0) is 14.4. The first-order chi connectivity index (χ1) is 8.93. The molecule has 0 fully saturated rings. The number of rotatable bonds is 6. The van der Waals surface area contributed by atoms with Crippen LogP contribution in [0.25, 0.3) is 0 Å². The first kappa shape index (κ1) is 15.2. The number of carboxylic acid groups (broad SMARTS) is 1. The molecule has 0 spiro atoms. The topological polar surface area (TPSA) is 80.7 Å². The monoisotopic (exact) mass is 284 g/mol. The second-order valence-corrected chi connectivity index (χ2v) is 4.24. The molecule has 102 valence electrons. The number of ether oxygens (including phenoxy) is 1. The van der Waals surface area contributed by atoms with Crippen molar-refractivity contribution in [1.29, 1.82) is 0 Å². The van der Waals surface area contributed by atoms with E-state index in [1.165, 1.54) is 18.2 Å². The van der Waals surface area contributed by atoms with Gasteiger partial charge in [0.2, 0.25) is 0 Å². The van der Waals surface area contributed by atoms with Crippen molar-refractivity contribution in [2.75, 3.05) is 6.61 Å². The van der Waals surface area contributed by atoms with Crippen molar-refractivity contribution in [2.45, 2.75) is 19.8 Å². The van der Waals surface area contributed by atoms with Crippen LogP contribution in [0.5, 0.6) is 0 Å². The summed E-state index contributed by atoms with van der Waals surface area (Å²) in [5.74, 6) is -2.18. The van der Waals surface area contributed by atoms with Crippen LogP contribution < -0.4 is 0 Å². The molecule has 0 radical (unpaired) electrons. The van der Waals surface area contributed by atoms with E-state index in [2.05, 4.69) is 4.74 Å². The lowest BCUT2D eigenvalue weighted by Gasteiger charge is -2.06. The molecule has 0 heterocycles. The molecular weight excluding hydrogens is 272 g/mol. The zero-order valence-electron chi connectivity index (χ0n) is 10.3. The molecule has 1 rings (SSSR count). The third-order valence-electron chi connectivity index (χ3n) is 2.34. The third-order valence-corrected chi connectivity index (χ3v) is 2.57. The van der Waals surface area contributed by atoms with Gasteiger partial charge in [0.05, 0.1) is 12.2 Å². The van der Waals surface area contributed by atoms with E-state index in [1.807, 2.05) is 0 Å². The van der Waals surface area contributed by atoms with E-state index < -0.39 is 17.7 Å². The van der Waals surface area contributed by atoms with Crippen LogP contribution in [0.3, 0.4) is 0 Å². The molecule has 0 unspecified atom stereocenters. The van der Waals surface area contributed by atoms with Crippen molar-refractivity contribution in [2.24, 2.45) is 0 Å². The molecule has 0 bridgehead atoms. The summed E-state index contributed by atoms with van der Waals surface area (Å²) < 4.78 is 4.65. The van der Waals surface area contributed by atoms with E-state index in [4.69, 9.17) is 16.7 Å². The Morgan fingerprint density at radius 2 is 2.00 bits per heavy atom. The number of benzene rings is 1. The van der Waals surface area contributed by atoms with E-state index >= 15 is 0 Å². The van der Waals surface area contributed by atoms with Gasteiger partial charge in [-0.15, -0.1) is 0 Å². The SMILES string of the molecule is CCOC(=O)CC(=O)Cc1ccc(Cl)cc1C(=O)O. The molecule has 0 atom stereocenters. The Hall–Kier alpha value is -1.88. The molecule has 5 nitrogen and oxygen atoms in total. The Morgan fingerprint density at radius 1 is 1.32 bits per heavy atom. The van der Waals surface area contributed by atoms with Gasteiger partial charge >= 0.3 is 11.9 Å². The maximum Gasteiger partial charge on any atom is 0.336 e. The highest BCUT2D eigenvalue weighted by atomic mass is 35.5. The Labute approximate surface area is 115 Å². The Morgan fingerprint density at radius 3 is 2.58 bits per heavy atom. The highest BCUT2D eigenvalue weighted by Gasteiger charge is 2.16. The van der Waals surface area contributed by atoms with Gasteiger partial charge in [-0.25, -0.2) is 4.79 Å². The minimum atomic E-state index is -1.17. The minimum Gasteiger partial charge on any atom is -0.478 e. The van der Waals surface area contributed by atoms with Crippen molar-refractivity contribution in [3.05, 3.63) is 34.3 Å². The fourth-order valence-electron chi connectivity index (χ4n) is 1.55. The summed E-state index contributed by atoms with van der Waals surface area (Å²) in [4.78, 5) is 33.8. The van der Waals surface area contributed by atoms with Gasteiger partial charge in [-0.3, -0.25) is 9.59 Å². The molecule has 0 saturated carbocycles. The van der Waals surface area contributed by atoms with Crippen LogP contribution in [0.15, 0.2) is 18.2 Å². The number of carbonyl (C=O) groups excluding carboxylic acids is 2. The molecular formula is C13H13ClO5. The van der Waals surface area contributed by atoms with Gasteiger partial charge in [0, 0.05) is 11.4 Å². The van der Waals surface area contributed by atoms with E-state index in [1.54, 1.807) is 6.92 Å². The second kappa shape index (κ2) is 6.89. The minimum absolute atomic E-state index is 0.0373. The van der Waals surface area contributed by atoms with Crippen molar-refractivity contribution in [3.63, 3.8) is 0 Å². The van der Waals surface area contributed by atoms with Crippen molar-refractivity contribution < 1.29 is 24.2 Å². The first-order valence-corrected chi connectivity index (χ1v) is 6.01. The normalized spacial score (nSPS) is 10.0. The maximum absolute atomic E-state index is 11.6. The summed E-state index contributed by atoms with van der Waals surface area (Å²) in [6.45, 7) is 1.84. The molecule has 0 aromatic heterocycles. The summed E-state index contributed by atoms with van der Waals surface area (Å²) in [5.41, 5.74) is 0.288. The van der Waals surface area contributed by atoms with Gasteiger partial charge in [0.25, 0.3) is 0 Å². The number of Topliss-reactive ketones (excluding diaryl/α,β-unsaturated/α-hetero) is 1. The van der Waals surface area contributed by atoms with Crippen LogP contribution >= 0.6 is 11.6 Å². The lowest BCUT2D eigenvalue weighted by atomic mass is 10.0. The lowest BCUT2D eigenvalue weighted by Crippen LogP contribution is -2.14. The molecule has 1 aromatic rings. The van der Waals surface area contributed by atoms with Gasteiger partial charge in [-0.05, 0) is 24.6 Å². The van der Waals surface area contributed by atoms with Crippen molar-refractivity contribution in [1.82, 2.24) is 0 Å². The summed E-state index contributed by atoms with van der Waals surface area (Å²) in [6, 6.07) is 4.24. The van der Waals surface area contributed by atoms with E-state index in [9.17, 15) is 14.4 Å². The van der Waals surface area contributed by atoms with Crippen LogP contribution in [0.1, 0.15) is 29.3 Å². The summed E-state index contributed by atoms with van der Waals surface area (Å²) >= 11 is 5.70. The van der Waals surface area contributed by atoms with Crippen molar-refractivity contribution >= 4 is 29.3 Å². The quantitative estimate of drug-likeness (QED) is 0.639. The first-order valence-electron chi connectivity index (χ1n) is 5.63. The van der Waals surface area contributed by atoms with Gasteiger partial charge in [0.15, 0.2) is 0 Å². The number of aromatic carboxylic acids is 1. The van der Waals surface area contributed by atoms with Crippen molar-refractivity contribution in [3.8, 4) is 0 Å². The van der Waals surface area contributed by atoms with E-state index in [-0.39, 0.29) is 30.0 Å². The molecule has 0 saturated heterocycles. The number of hydrogen-bond donors (Lipinski definition) is 1. The highest BCUT2D eigenvalue weighted by molar-refractivity contribution is 6.31. The van der Waals surface area contributed by atoms with Crippen LogP contribution in [-0.4, -0.2) is 29.4 Å². The number of hydrogen-bond acceptors (Lipinski definition) is 4. The summed E-state index contributed by atoms with van der Waals surface area (Å²) in [7, 11) is 0. The van der Waals surface area contributed by atoms with Crippen LogP contribution in [0, 0.1) is 0 Å². The summed E-state index contributed by atoms with van der Waals surface area (Å²) in [6.07, 6.45) is -0.507. The predicted octanol–water partition coefficient (Wildman–Crippen LogP) is 2.10. The molecule has 0 aliphatic heterocycles. The van der Waals surface area contributed by atoms with Gasteiger partial charge in [-0.2, -0.15) is 0 Å². The summed E-state index contributed by atoms with van der Waals surface area (Å²) in [5, 5.41) is 9.28. The highest BCUT2D eigenvalue weighted by Crippen LogP contribution is 2.17. The number of halogens is 1. The Kier molecular flexibility index (Phi) is 5.51. The maximum atomic E-state index is 11.6. The van der Waals surface area contributed by atoms with E-state index in [0.717, 1.165) is 0 Å². The second-order valence-electron chi connectivity index (χ2n) is 3.80. The molecule has 0 aliphatic rings. The fraction of sp³-hybridized carbons (Fsp3) is 0.308. The predicted molar refractivity (Wildman–Crippen MR) is 68.4 cm³/mol. The molecule has 1 aromatic carbocycles. The van der Waals surface area contributed by atoms with Gasteiger partial charge < -0.3 is 9.84 Å². The zero-order valence-corrected chi connectivity index (χ0v) is 11.1. The molecule has 6 heteroatoms.